The summed E-state index contributed by atoms with van der Waals surface area (Å²) >= 11 is 1.51. The van der Waals surface area contributed by atoms with Crippen LogP contribution in [0.5, 0.6) is 5.75 Å². The van der Waals surface area contributed by atoms with Gasteiger partial charge in [-0.1, -0.05) is 79.8 Å². The Balaban J connectivity index is 2.00. The topological polar surface area (TPSA) is 63.6 Å². The molecule has 184 valence electrons. The average Bonchev–Trinajstić information content (AvgIpc) is 2.83. The minimum absolute atomic E-state index is 0.00193. The lowest BCUT2D eigenvalue weighted by molar-refractivity contribution is -0.131. The molecule has 0 bridgehead atoms. The van der Waals surface area contributed by atoms with Crippen molar-refractivity contribution in [2.45, 2.75) is 58.3 Å². The normalized spacial score (nSPS) is 12.1. The van der Waals surface area contributed by atoms with Crippen molar-refractivity contribution in [3.8, 4) is 5.75 Å². The van der Waals surface area contributed by atoms with E-state index in [9.17, 15) is 9.59 Å². The number of carbonyl (C=O) groups is 2. The van der Waals surface area contributed by atoms with Crippen molar-refractivity contribution in [2.75, 3.05) is 11.5 Å². The minimum atomic E-state index is -1.11. The number of para-hydroxylation sites is 1. The van der Waals surface area contributed by atoms with Crippen LogP contribution >= 0.6 is 11.8 Å². The summed E-state index contributed by atoms with van der Waals surface area (Å²) in [6.45, 7) is 2.15. The highest BCUT2D eigenvalue weighted by molar-refractivity contribution is 7.99. The first-order valence-corrected chi connectivity index (χ1v) is 13.2. The number of hydrogen-bond acceptors (Lipinski definition) is 4. The first-order valence-electron chi connectivity index (χ1n) is 12.0. The number of carboxylic acid groups (broad SMARTS) is 1. The van der Waals surface area contributed by atoms with E-state index in [0.29, 0.717) is 0 Å². The summed E-state index contributed by atoms with van der Waals surface area (Å²) in [5, 5.41) is 9.12. The van der Waals surface area contributed by atoms with Crippen LogP contribution in [-0.2, 0) is 4.79 Å². The molecule has 1 N–H and O–H groups in total. The number of allylic oxidation sites excluding steroid dienone is 10. The second-order valence-corrected chi connectivity index (χ2v) is 8.64. The predicted molar refractivity (Wildman–Crippen MR) is 145 cm³/mol. The van der Waals surface area contributed by atoms with Gasteiger partial charge in [-0.2, -0.15) is 11.8 Å². The van der Waals surface area contributed by atoms with Gasteiger partial charge >= 0.3 is 11.9 Å². The van der Waals surface area contributed by atoms with Gasteiger partial charge in [-0.15, -0.1) is 0 Å². The van der Waals surface area contributed by atoms with Crippen molar-refractivity contribution in [1.82, 2.24) is 0 Å². The Morgan fingerprint density at radius 2 is 1.38 bits per heavy atom. The standard InChI is InChI=1S/C29H38O4S/c1-2-3-4-5-6-7-8-9-10-11-12-13-14-15-16-17-18-21-24-34-25-28(30)33-27-23-20-19-22-26(27)29(31)32/h3-4,6-7,9-10,12-13,15-16,19-20,22-23H,2,5,8,11,14,17-18,21,24-25H2,1H3,(H,31,32). The molecular weight excluding hydrogens is 444 g/mol. The molecule has 0 aromatic heterocycles. The third-order valence-electron chi connectivity index (χ3n) is 4.63. The van der Waals surface area contributed by atoms with Crippen molar-refractivity contribution in [1.29, 1.82) is 0 Å². The summed E-state index contributed by atoms with van der Waals surface area (Å²) in [6, 6.07) is 6.17. The van der Waals surface area contributed by atoms with E-state index in [1.807, 2.05) is 0 Å². The summed E-state index contributed by atoms with van der Waals surface area (Å²) in [5.74, 6) is -0.336. The predicted octanol–water partition coefficient (Wildman–Crippen LogP) is 7.95. The summed E-state index contributed by atoms with van der Waals surface area (Å²) in [5.41, 5.74) is -0.00193. The zero-order chi connectivity index (χ0) is 24.7. The van der Waals surface area contributed by atoms with Crippen LogP contribution in [0.25, 0.3) is 0 Å². The molecule has 0 atom stereocenters. The van der Waals surface area contributed by atoms with E-state index in [4.69, 9.17) is 9.84 Å². The Hall–Kier alpha value is -2.79. The van der Waals surface area contributed by atoms with Crippen LogP contribution in [0.4, 0.5) is 0 Å². The number of hydrogen-bond donors (Lipinski definition) is 1. The van der Waals surface area contributed by atoms with Crippen LogP contribution in [0.2, 0.25) is 0 Å². The Kier molecular flexibility index (Phi) is 17.9. The summed E-state index contributed by atoms with van der Waals surface area (Å²) in [4.78, 5) is 23.1. The number of aromatic carboxylic acids is 1. The molecule has 0 unspecified atom stereocenters. The minimum Gasteiger partial charge on any atom is -0.478 e. The van der Waals surface area contributed by atoms with Crippen LogP contribution in [0.15, 0.2) is 85.0 Å². The SMILES string of the molecule is CCC=CCC=CCC=CCC=CCC=CCCCCSCC(=O)Oc1ccccc1C(=O)O. The second-order valence-electron chi connectivity index (χ2n) is 7.53. The molecule has 34 heavy (non-hydrogen) atoms. The van der Waals surface area contributed by atoms with Gasteiger partial charge in [0.1, 0.15) is 11.3 Å². The molecular formula is C29H38O4S. The number of esters is 1. The van der Waals surface area contributed by atoms with Crippen LogP contribution < -0.4 is 4.74 Å². The molecule has 0 aliphatic rings. The fourth-order valence-electron chi connectivity index (χ4n) is 2.87. The monoisotopic (exact) mass is 482 g/mol. The third kappa shape index (κ3) is 15.9. The van der Waals surface area contributed by atoms with Crippen molar-refractivity contribution in [3.05, 3.63) is 90.6 Å². The number of carboxylic acids is 1. The van der Waals surface area contributed by atoms with Gasteiger partial charge in [0, 0.05) is 0 Å². The number of thioether (sulfide) groups is 1. The lowest BCUT2D eigenvalue weighted by Gasteiger charge is -2.07. The van der Waals surface area contributed by atoms with E-state index in [1.54, 1.807) is 12.1 Å². The van der Waals surface area contributed by atoms with Gasteiger partial charge in [-0.05, 0) is 69.3 Å². The molecule has 0 fully saturated rings. The summed E-state index contributed by atoms with van der Waals surface area (Å²) < 4.78 is 5.18. The Bertz CT molecular complexity index is 849. The van der Waals surface area contributed by atoms with Gasteiger partial charge in [0.05, 0.1) is 5.75 Å². The Labute approximate surface area is 209 Å². The van der Waals surface area contributed by atoms with Crippen molar-refractivity contribution in [3.63, 3.8) is 0 Å². The highest BCUT2D eigenvalue weighted by atomic mass is 32.2. The van der Waals surface area contributed by atoms with Crippen molar-refractivity contribution >= 4 is 23.7 Å². The zero-order valence-corrected chi connectivity index (χ0v) is 21.1. The van der Waals surface area contributed by atoms with Gasteiger partial charge < -0.3 is 9.84 Å². The van der Waals surface area contributed by atoms with Gasteiger partial charge in [-0.25, -0.2) is 4.79 Å². The molecule has 0 aliphatic carbocycles. The van der Waals surface area contributed by atoms with Gasteiger partial charge in [0.25, 0.3) is 0 Å². The zero-order valence-electron chi connectivity index (χ0n) is 20.2. The number of carbonyl (C=O) groups excluding carboxylic acids is 1. The maximum Gasteiger partial charge on any atom is 0.339 e. The van der Waals surface area contributed by atoms with Crippen molar-refractivity contribution < 1.29 is 19.4 Å². The van der Waals surface area contributed by atoms with E-state index >= 15 is 0 Å². The average molecular weight is 483 g/mol. The highest BCUT2D eigenvalue weighted by Crippen LogP contribution is 2.18. The second kappa shape index (κ2) is 20.8. The molecule has 0 saturated heterocycles. The molecule has 0 radical (unpaired) electrons. The highest BCUT2D eigenvalue weighted by Gasteiger charge is 2.13. The Morgan fingerprint density at radius 1 is 0.824 bits per heavy atom. The quantitative estimate of drug-likeness (QED) is 0.0995. The third-order valence-corrected chi connectivity index (χ3v) is 5.65. The van der Waals surface area contributed by atoms with E-state index < -0.39 is 11.9 Å². The van der Waals surface area contributed by atoms with Crippen LogP contribution in [0.3, 0.4) is 0 Å². The fourth-order valence-corrected chi connectivity index (χ4v) is 3.65. The molecule has 0 aliphatic heterocycles. The molecule has 5 heteroatoms. The van der Waals surface area contributed by atoms with Gasteiger partial charge in [-0.3, -0.25) is 4.79 Å². The molecule has 1 rings (SSSR count). The van der Waals surface area contributed by atoms with E-state index in [2.05, 4.69) is 67.7 Å². The summed E-state index contributed by atoms with van der Waals surface area (Å²) in [6.07, 6.45) is 30.2. The molecule has 4 nitrogen and oxygen atoms in total. The smallest absolute Gasteiger partial charge is 0.339 e. The van der Waals surface area contributed by atoms with Crippen LogP contribution in [0, 0.1) is 0 Å². The maximum atomic E-state index is 11.9. The lowest BCUT2D eigenvalue weighted by atomic mass is 10.2. The van der Waals surface area contributed by atoms with Crippen LogP contribution in [0.1, 0.15) is 68.6 Å². The van der Waals surface area contributed by atoms with E-state index in [-0.39, 0.29) is 17.1 Å². The van der Waals surface area contributed by atoms with Crippen molar-refractivity contribution in [2.24, 2.45) is 0 Å². The first-order chi connectivity index (χ1) is 16.6. The number of rotatable bonds is 18. The molecule has 0 heterocycles. The molecule has 0 spiro atoms. The Morgan fingerprint density at radius 3 is 1.97 bits per heavy atom. The largest absolute Gasteiger partial charge is 0.478 e. The number of ether oxygens (including phenoxy) is 1. The lowest BCUT2D eigenvalue weighted by Crippen LogP contribution is -2.13. The molecule has 1 aromatic rings. The van der Waals surface area contributed by atoms with Crippen LogP contribution in [-0.4, -0.2) is 28.6 Å². The molecule has 0 saturated carbocycles. The summed E-state index contributed by atoms with van der Waals surface area (Å²) in [7, 11) is 0. The number of unbranched alkanes of at least 4 members (excludes halogenated alkanes) is 2. The molecule has 0 amide bonds. The number of benzene rings is 1. The fraction of sp³-hybridized carbons (Fsp3) is 0.379. The maximum absolute atomic E-state index is 11.9. The molecule has 1 aromatic carbocycles. The van der Waals surface area contributed by atoms with E-state index in [1.165, 1.54) is 23.9 Å². The van der Waals surface area contributed by atoms with E-state index in [0.717, 1.165) is 57.1 Å². The van der Waals surface area contributed by atoms with Gasteiger partial charge in [0.15, 0.2) is 0 Å². The van der Waals surface area contributed by atoms with Gasteiger partial charge in [0.2, 0.25) is 0 Å². The first kappa shape index (κ1) is 29.2.